The van der Waals surface area contributed by atoms with Gasteiger partial charge in [-0.05, 0) is 25.7 Å². The van der Waals surface area contributed by atoms with Gasteiger partial charge in [-0.1, -0.05) is 349 Å². The fourth-order valence-corrected chi connectivity index (χ4v) is 9.82. The molecular formula is C65H128O5. The molecule has 0 unspecified atom stereocenters. The number of rotatable bonds is 58. The van der Waals surface area contributed by atoms with Crippen LogP contribution in [0.1, 0.15) is 394 Å². The molecule has 5 nitrogen and oxygen atoms in total. The summed E-state index contributed by atoms with van der Waals surface area (Å²) in [7, 11) is 0. The minimum Gasteiger partial charge on any atom is -0.466 e. The third kappa shape index (κ3) is 66.6. The largest absolute Gasteiger partial charge is 0.466 e. The van der Waals surface area contributed by atoms with Gasteiger partial charge in [0.15, 0.2) is 0 Å². The van der Waals surface area contributed by atoms with Crippen molar-refractivity contribution in [1.82, 2.24) is 0 Å². The molecule has 70 heavy (non-hydrogen) atoms. The topological polar surface area (TPSA) is 69.7 Å². The molecule has 0 spiro atoms. The molecule has 5 heteroatoms. The van der Waals surface area contributed by atoms with Crippen LogP contribution in [0.15, 0.2) is 0 Å². The molecule has 0 aliphatic heterocycles. The minimum atomic E-state index is -0.323. The van der Waals surface area contributed by atoms with Crippen molar-refractivity contribution in [2.75, 3.05) is 6.61 Å². The molecule has 0 bridgehead atoms. The quantitative estimate of drug-likeness (QED) is 0.0345. The molecule has 0 saturated heterocycles. The average molecular weight is 990 g/mol. The van der Waals surface area contributed by atoms with E-state index in [4.69, 9.17) is 9.47 Å². The number of unbranched alkanes of at least 4 members (excludes halogenated alkanes) is 50. The summed E-state index contributed by atoms with van der Waals surface area (Å²) in [5.41, 5.74) is 0. The summed E-state index contributed by atoms with van der Waals surface area (Å²) in [5, 5.41) is 0. The average Bonchev–Trinajstić information content (AvgIpc) is 3.35. The fourth-order valence-electron chi connectivity index (χ4n) is 9.82. The van der Waals surface area contributed by atoms with Crippen molar-refractivity contribution < 1.29 is 23.9 Å². The number of carbonyl (C=O) groups excluding carboxylic acids is 3. The minimum absolute atomic E-state index is 0.0225. The summed E-state index contributed by atoms with van der Waals surface area (Å²) in [6.45, 7) is 9.74. The predicted molar refractivity (Wildman–Crippen MR) is 308 cm³/mol. The first-order valence-corrected chi connectivity index (χ1v) is 32.4. The molecule has 418 valence electrons. The maximum atomic E-state index is 11.9. The van der Waals surface area contributed by atoms with Gasteiger partial charge in [0.2, 0.25) is 0 Å². The highest BCUT2D eigenvalue weighted by Crippen LogP contribution is 2.18. The molecule has 0 aliphatic rings. The van der Waals surface area contributed by atoms with Gasteiger partial charge in [-0.3, -0.25) is 14.4 Å². The first kappa shape index (κ1) is 70.7. The highest BCUT2D eigenvalue weighted by molar-refractivity contribution is 5.85. The lowest BCUT2D eigenvalue weighted by atomic mass is 10.0. The van der Waals surface area contributed by atoms with Crippen LogP contribution in [0.3, 0.4) is 0 Å². The Labute approximate surface area is 440 Å². The van der Waals surface area contributed by atoms with Crippen LogP contribution in [0.25, 0.3) is 0 Å². The van der Waals surface area contributed by atoms with Crippen LogP contribution in [0.5, 0.6) is 0 Å². The van der Waals surface area contributed by atoms with Gasteiger partial charge >= 0.3 is 17.9 Å². The fraction of sp³-hybridized carbons (Fsp3) is 0.954. The van der Waals surface area contributed by atoms with Crippen molar-refractivity contribution in [2.24, 2.45) is 0 Å². The van der Waals surface area contributed by atoms with Gasteiger partial charge in [0.25, 0.3) is 0 Å². The maximum Gasteiger partial charge on any atom is 0.313 e. The third-order valence-corrected chi connectivity index (χ3v) is 14.7. The monoisotopic (exact) mass is 989 g/mol. The molecule has 0 aromatic carbocycles. The van der Waals surface area contributed by atoms with E-state index < -0.39 is 0 Å². The van der Waals surface area contributed by atoms with E-state index in [1.807, 2.05) is 0 Å². The zero-order valence-electron chi connectivity index (χ0n) is 48.6. The van der Waals surface area contributed by atoms with Crippen molar-refractivity contribution in [2.45, 2.75) is 394 Å². The van der Waals surface area contributed by atoms with Crippen LogP contribution in [-0.2, 0) is 23.9 Å². The zero-order valence-corrected chi connectivity index (χ0v) is 48.6. The molecule has 0 heterocycles. The number of hydrogen-bond donors (Lipinski definition) is 0. The van der Waals surface area contributed by atoms with Gasteiger partial charge in [-0.2, -0.15) is 0 Å². The highest BCUT2D eigenvalue weighted by atomic mass is 16.6. The lowest BCUT2D eigenvalue weighted by Gasteiger charge is -2.06. The lowest BCUT2D eigenvalue weighted by molar-refractivity contribution is -0.159. The second-order valence-electron chi connectivity index (χ2n) is 22.0. The molecule has 0 radical (unpaired) electrons. The van der Waals surface area contributed by atoms with Crippen molar-refractivity contribution >= 4 is 17.9 Å². The Morgan fingerprint density at radius 1 is 0.200 bits per heavy atom. The molecule has 0 aromatic heterocycles. The van der Waals surface area contributed by atoms with Crippen LogP contribution in [0.2, 0.25) is 0 Å². The Morgan fingerprint density at radius 2 is 0.357 bits per heavy atom. The molecule has 0 rings (SSSR count). The van der Waals surface area contributed by atoms with Gasteiger partial charge in [0, 0.05) is 19.3 Å². The van der Waals surface area contributed by atoms with Gasteiger partial charge < -0.3 is 9.47 Å². The molecule has 0 aliphatic carbocycles. The standard InChI is InChI=1S/C36H70O3.C29H58O2/c1-3-5-7-9-11-13-15-17-19-21-23-25-27-29-31-33-35(37)39-36(38)34-32-30-28-26-24-22-20-18-16-14-12-10-8-6-4-2;1-3-5-7-9-11-13-14-15-16-17-18-19-21-23-25-27-29(30)31-28-26-24-22-20-12-10-8-6-4-2/h3-34H2,1-2H3;3-28H2,1-2H3. The van der Waals surface area contributed by atoms with Crippen LogP contribution in [0, 0.1) is 0 Å². The normalized spacial score (nSPS) is 11.2. The molecule has 0 fully saturated rings. The Kier molecular flexibility index (Phi) is 66.3. The van der Waals surface area contributed by atoms with Crippen molar-refractivity contribution in [3.63, 3.8) is 0 Å². The Balaban J connectivity index is 0. The van der Waals surface area contributed by atoms with Gasteiger partial charge in [0.05, 0.1) is 6.61 Å². The van der Waals surface area contributed by atoms with E-state index in [-0.39, 0.29) is 17.9 Å². The summed E-state index contributed by atoms with van der Waals surface area (Å²) in [6.07, 6.45) is 72.9. The van der Waals surface area contributed by atoms with E-state index >= 15 is 0 Å². The Hall–Kier alpha value is -1.39. The highest BCUT2D eigenvalue weighted by Gasteiger charge is 2.10. The van der Waals surface area contributed by atoms with Gasteiger partial charge in [-0.15, -0.1) is 0 Å². The number of carbonyl (C=O) groups is 3. The van der Waals surface area contributed by atoms with E-state index in [1.165, 1.54) is 308 Å². The van der Waals surface area contributed by atoms with Crippen LogP contribution in [-0.4, -0.2) is 24.5 Å². The molecule has 0 amide bonds. The van der Waals surface area contributed by atoms with Crippen molar-refractivity contribution in [3.8, 4) is 0 Å². The number of esters is 3. The number of hydrogen-bond acceptors (Lipinski definition) is 5. The lowest BCUT2D eigenvalue weighted by Crippen LogP contribution is -2.11. The van der Waals surface area contributed by atoms with Gasteiger partial charge in [0.1, 0.15) is 0 Å². The third-order valence-electron chi connectivity index (χ3n) is 14.7. The van der Waals surface area contributed by atoms with Crippen molar-refractivity contribution in [3.05, 3.63) is 0 Å². The van der Waals surface area contributed by atoms with Crippen LogP contribution < -0.4 is 0 Å². The molecule has 0 saturated carbocycles. The molecular weight excluding hydrogens is 861 g/mol. The van der Waals surface area contributed by atoms with E-state index in [2.05, 4.69) is 27.7 Å². The smallest absolute Gasteiger partial charge is 0.313 e. The van der Waals surface area contributed by atoms with Crippen LogP contribution >= 0.6 is 0 Å². The summed E-state index contributed by atoms with van der Waals surface area (Å²) >= 11 is 0. The molecule has 0 N–H and O–H groups in total. The van der Waals surface area contributed by atoms with E-state index in [0.29, 0.717) is 25.9 Å². The SMILES string of the molecule is CCCCCCCCCCCCCCCCCC(=O)OC(=O)CCCCCCCCCCCCCCCCC.CCCCCCCCCCCCCCCCCC(=O)OCCCCCCCCCCC. The molecule has 0 atom stereocenters. The maximum absolute atomic E-state index is 11.9. The van der Waals surface area contributed by atoms with E-state index in [9.17, 15) is 14.4 Å². The summed E-state index contributed by atoms with van der Waals surface area (Å²) in [5.74, 6) is -0.624. The Bertz CT molecular complexity index is 951. The second-order valence-corrected chi connectivity index (χ2v) is 22.0. The first-order chi connectivity index (χ1) is 34.5. The van der Waals surface area contributed by atoms with Crippen LogP contribution in [0.4, 0.5) is 0 Å². The van der Waals surface area contributed by atoms with E-state index in [0.717, 1.165) is 38.5 Å². The molecule has 0 aromatic rings. The Morgan fingerprint density at radius 3 is 0.557 bits per heavy atom. The van der Waals surface area contributed by atoms with Crippen molar-refractivity contribution in [1.29, 1.82) is 0 Å². The number of ether oxygens (including phenoxy) is 2. The zero-order chi connectivity index (χ0) is 51.2. The van der Waals surface area contributed by atoms with Gasteiger partial charge in [-0.25, -0.2) is 0 Å². The second kappa shape index (κ2) is 65.6. The summed E-state index contributed by atoms with van der Waals surface area (Å²) in [6, 6.07) is 0. The first-order valence-electron chi connectivity index (χ1n) is 32.4. The predicted octanol–water partition coefficient (Wildman–Crippen LogP) is 22.9. The summed E-state index contributed by atoms with van der Waals surface area (Å²) in [4.78, 5) is 35.6. The summed E-state index contributed by atoms with van der Waals surface area (Å²) < 4.78 is 10.4. The van der Waals surface area contributed by atoms with E-state index in [1.54, 1.807) is 0 Å².